The first-order valence-corrected chi connectivity index (χ1v) is 19.3. The lowest BCUT2D eigenvalue weighted by Gasteiger charge is -2.21. The summed E-state index contributed by atoms with van der Waals surface area (Å²) in [5.41, 5.74) is 0.533. The number of pyridine rings is 2. The fourth-order valence-electron chi connectivity index (χ4n) is 6.54. The van der Waals surface area contributed by atoms with Crippen molar-refractivity contribution in [2.75, 3.05) is 34.5 Å². The molecule has 0 spiro atoms. The summed E-state index contributed by atoms with van der Waals surface area (Å²) in [6.45, 7) is -0.933. The Hall–Kier alpha value is -7.17. The van der Waals surface area contributed by atoms with Crippen molar-refractivity contribution < 1.29 is 38.6 Å². The Bertz CT molecular complexity index is 2720. The van der Waals surface area contributed by atoms with Gasteiger partial charge in [-0.15, -0.1) is 0 Å². The number of nitrogens with one attached hydrogen (secondary N) is 4. The minimum atomic E-state index is -1.38. The second-order valence-corrected chi connectivity index (χ2v) is 14.8. The molecule has 0 atom stereocenters. The van der Waals surface area contributed by atoms with Crippen LogP contribution in [0, 0.1) is 0 Å². The number of carbonyl (C=O) groups excluding carboxylic acids is 4. The van der Waals surface area contributed by atoms with E-state index >= 15 is 0 Å². The maximum Gasteiger partial charge on any atom is 0.335 e. The van der Waals surface area contributed by atoms with Crippen LogP contribution >= 0.6 is 31.9 Å². The van der Waals surface area contributed by atoms with Crippen molar-refractivity contribution in [1.29, 1.82) is 0 Å². The zero-order valence-corrected chi connectivity index (χ0v) is 33.5. The molecule has 6 bridgehead atoms. The fourth-order valence-corrected chi connectivity index (χ4v) is 7.66. The lowest BCUT2D eigenvalue weighted by atomic mass is 9.92. The van der Waals surface area contributed by atoms with Crippen molar-refractivity contribution in [2.45, 2.75) is 0 Å². The SMILES string of the molecule is O=C1COc2c(Br)cc3ccccc3c2-c2c(c(Br)cc3ccccc23)OCC(=O)Nc2cccc(n2)NC(=O)c2cc(C(=O)O)cc(c2)C(=O)Nc2cccc(n2)N1. The van der Waals surface area contributed by atoms with Gasteiger partial charge in [-0.05, 0) is 108 Å². The Balaban J connectivity index is 1.24. The molecule has 0 saturated heterocycles. The molecule has 16 heteroatoms. The normalized spacial score (nSPS) is 13.5. The molecule has 1 aliphatic rings. The standard InChI is InChI=1S/C43H28Br2N6O8/c44-29-18-22-7-1-3-9-27(22)37-38-28-10-4-2-8-23(28)19-30(45)40(38)59-21-36(53)49-32-12-6-14-34(47-32)51-42(55)25-15-24(16-26(17-25)43(56)57)41(54)50-33-13-5-11-31(46-33)48-35(52)20-58-39(29)37/h1-19H,20-21H2,(H,56,57)(H2,46,48,50,52,54)(H2,47,49,51,53,55). The summed E-state index contributed by atoms with van der Waals surface area (Å²) in [6.07, 6.45) is 0. The molecule has 0 saturated carbocycles. The van der Waals surface area contributed by atoms with E-state index in [0.717, 1.165) is 33.7 Å². The van der Waals surface area contributed by atoms with Gasteiger partial charge < -0.3 is 35.8 Å². The lowest BCUT2D eigenvalue weighted by Crippen LogP contribution is -2.22. The Morgan fingerprint density at radius 1 is 0.542 bits per heavy atom. The summed E-state index contributed by atoms with van der Waals surface area (Å²) < 4.78 is 13.8. The van der Waals surface area contributed by atoms with E-state index in [9.17, 15) is 29.1 Å². The van der Waals surface area contributed by atoms with Gasteiger partial charge in [0.15, 0.2) is 13.2 Å². The number of fused-ring (bicyclic) bond motifs is 13. The van der Waals surface area contributed by atoms with Crippen molar-refractivity contribution in [3.05, 3.63) is 141 Å². The maximum absolute atomic E-state index is 13.5. The number of carbonyl (C=O) groups is 5. The van der Waals surface area contributed by atoms with Gasteiger partial charge >= 0.3 is 5.97 Å². The summed E-state index contributed by atoms with van der Waals surface area (Å²) in [7, 11) is 0. The lowest BCUT2D eigenvalue weighted by molar-refractivity contribution is -0.118. The minimum Gasteiger partial charge on any atom is -0.482 e. The van der Waals surface area contributed by atoms with Gasteiger partial charge in [-0.2, -0.15) is 0 Å². The maximum atomic E-state index is 13.5. The summed E-state index contributed by atoms with van der Waals surface area (Å²) in [5, 5.41) is 23.6. The van der Waals surface area contributed by atoms with Crippen LogP contribution in [0.25, 0.3) is 32.7 Å². The molecule has 14 nitrogen and oxygen atoms in total. The third-order valence-electron chi connectivity index (χ3n) is 9.08. The predicted octanol–water partition coefficient (Wildman–Crippen LogP) is 8.53. The van der Waals surface area contributed by atoms with E-state index < -0.39 is 42.8 Å². The van der Waals surface area contributed by atoms with E-state index in [4.69, 9.17) is 9.47 Å². The molecule has 5 N–H and O–H groups in total. The van der Waals surface area contributed by atoms with Crippen molar-refractivity contribution in [3.8, 4) is 22.6 Å². The summed E-state index contributed by atoms with van der Waals surface area (Å²) in [4.78, 5) is 74.5. The smallest absolute Gasteiger partial charge is 0.335 e. The number of halogens is 2. The quantitative estimate of drug-likeness (QED) is 0.106. The van der Waals surface area contributed by atoms with E-state index in [2.05, 4.69) is 63.1 Å². The van der Waals surface area contributed by atoms with Gasteiger partial charge in [-0.3, -0.25) is 19.2 Å². The molecule has 5 aromatic carbocycles. The van der Waals surface area contributed by atoms with Crippen molar-refractivity contribution >= 4 is 106 Å². The molecular weight excluding hydrogens is 888 g/mol. The number of ether oxygens (including phenoxy) is 2. The third kappa shape index (κ3) is 8.30. The molecule has 1 aliphatic heterocycles. The van der Waals surface area contributed by atoms with Crippen LogP contribution in [0.2, 0.25) is 0 Å². The molecular formula is C43H28Br2N6O8. The van der Waals surface area contributed by atoms with Crippen LogP contribution in [0.15, 0.2) is 124 Å². The Morgan fingerprint density at radius 2 is 0.949 bits per heavy atom. The number of anilines is 4. The first kappa shape index (κ1) is 38.7. The number of benzene rings is 5. The molecule has 0 aliphatic carbocycles. The van der Waals surface area contributed by atoms with Gasteiger partial charge in [-0.1, -0.05) is 60.7 Å². The van der Waals surface area contributed by atoms with Crippen molar-refractivity contribution in [2.24, 2.45) is 0 Å². The van der Waals surface area contributed by atoms with Crippen LogP contribution in [0.3, 0.4) is 0 Å². The number of amides is 4. The van der Waals surface area contributed by atoms with Gasteiger partial charge in [0.1, 0.15) is 34.8 Å². The van der Waals surface area contributed by atoms with E-state index in [0.29, 0.717) is 31.6 Å². The number of aromatic nitrogens is 2. The van der Waals surface area contributed by atoms with Crippen LogP contribution in [0.5, 0.6) is 11.5 Å². The van der Waals surface area contributed by atoms with Crippen LogP contribution < -0.4 is 30.7 Å². The van der Waals surface area contributed by atoms with Crippen molar-refractivity contribution in [3.63, 3.8) is 0 Å². The molecule has 3 heterocycles. The molecule has 0 unspecified atom stereocenters. The van der Waals surface area contributed by atoms with Gasteiger partial charge in [0.05, 0.1) is 14.5 Å². The van der Waals surface area contributed by atoms with E-state index in [-0.39, 0.29) is 40.0 Å². The number of carboxylic acid groups (broad SMARTS) is 1. The molecule has 7 aromatic rings. The zero-order chi connectivity index (χ0) is 41.2. The average molecular weight is 917 g/mol. The number of aromatic carboxylic acids is 1. The van der Waals surface area contributed by atoms with E-state index in [1.807, 2.05) is 60.7 Å². The number of hydrogen-bond acceptors (Lipinski definition) is 9. The second-order valence-electron chi connectivity index (χ2n) is 13.1. The molecule has 8 rings (SSSR count). The van der Waals surface area contributed by atoms with Gasteiger partial charge in [0, 0.05) is 22.3 Å². The highest BCUT2D eigenvalue weighted by Crippen LogP contribution is 2.50. The molecule has 4 amide bonds. The summed E-state index contributed by atoms with van der Waals surface area (Å²) >= 11 is 7.36. The predicted molar refractivity (Wildman–Crippen MR) is 228 cm³/mol. The van der Waals surface area contributed by atoms with Crippen LogP contribution in [0.1, 0.15) is 31.1 Å². The number of hydrogen-bond donors (Lipinski definition) is 5. The second kappa shape index (κ2) is 16.4. The highest BCUT2D eigenvalue weighted by Gasteiger charge is 2.25. The monoisotopic (exact) mass is 914 g/mol. The zero-order valence-electron chi connectivity index (χ0n) is 30.3. The highest BCUT2D eigenvalue weighted by atomic mass is 79.9. The van der Waals surface area contributed by atoms with Crippen LogP contribution in [-0.4, -0.2) is 57.9 Å². The molecule has 0 fully saturated rings. The fraction of sp³-hybridized carbons (Fsp3) is 0.0465. The summed E-state index contributed by atoms with van der Waals surface area (Å²) in [6, 6.07) is 31.6. The highest BCUT2D eigenvalue weighted by molar-refractivity contribution is 9.11. The minimum absolute atomic E-state index is 0.0302. The largest absolute Gasteiger partial charge is 0.482 e. The first-order chi connectivity index (χ1) is 28.5. The molecule has 292 valence electrons. The molecule has 59 heavy (non-hydrogen) atoms. The topological polar surface area (TPSA) is 198 Å². The van der Waals surface area contributed by atoms with Crippen LogP contribution in [-0.2, 0) is 9.59 Å². The van der Waals surface area contributed by atoms with Crippen LogP contribution in [0.4, 0.5) is 23.3 Å². The molecule has 0 radical (unpaired) electrons. The van der Waals surface area contributed by atoms with Gasteiger partial charge in [0.25, 0.3) is 23.6 Å². The number of rotatable bonds is 1. The molecule has 2 aromatic heterocycles. The number of carboxylic acids is 1. The third-order valence-corrected chi connectivity index (χ3v) is 10.3. The first-order valence-electron chi connectivity index (χ1n) is 17.7. The van der Waals surface area contributed by atoms with Gasteiger partial charge in [0.2, 0.25) is 0 Å². The Labute approximate surface area is 351 Å². The Morgan fingerprint density at radius 3 is 1.37 bits per heavy atom. The van der Waals surface area contributed by atoms with E-state index in [1.54, 1.807) is 12.1 Å². The number of nitrogens with zero attached hydrogens (tertiary/aromatic N) is 2. The summed E-state index contributed by atoms with van der Waals surface area (Å²) in [5.74, 6) is -3.21. The average Bonchev–Trinajstić information content (AvgIpc) is 3.21. The van der Waals surface area contributed by atoms with E-state index in [1.165, 1.54) is 30.3 Å². The Kier molecular flexibility index (Phi) is 10.7. The van der Waals surface area contributed by atoms with Gasteiger partial charge in [-0.25, -0.2) is 14.8 Å². The van der Waals surface area contributed by atoms with Crippen molar-refractivity contribution in [1.82, 2.24) is 9.97 Å².